The zero-order chi connectivity index (χ0) is 22.3. The molecule has 1 atom stereocenters. The molecule has 0 bridgehead atoms. The zero-order valence-corrected chi connectivity index (χ0v) is 19.0. The maximum absolute atomic E-state index is 12.4. The number of carbonyl (C=O) groups excluding carboxylic acids is 1. The van der Waals surface area contributed by atoms with Gasteiger partial charge in [-0.1, -0.05) is 44.2 Å². The van der Waals surface area contributed by atoms with E-state index in [4.69, 9.17) is 14.5 Å². The molecule has 1 fully saturated rings. The highest BCUT2D eigenvalue weighted by Crippen LogP contribution is 2.26. The standard InChI is InChI=1S/C26H33N3O3/c1-19(2)20-10-3-6-13-23(20)31-16-8-7-15-29-22-12-5-4-11-21(22)28-25(29)18-27-26(30)24-14-9-17-32-24/h3-6,10-13,19,24H,7-9,14-18H2,1-2H3,(H,27,30). The van der Waals surface area contributed by atoms with Crippen LogP contribution in [0.5, 0.6) is 5.75 Å². The molecule has 6 heteroatoms. The van der Waals surface area contributed by atoms with Crippen molar-refractivity contribution in [3.05, 3.63) is 59.9 Å². The number of aryl methyl sites for hydroxylation is 1. The van der Waals surface area contributed by atoms with E-state index >= 15 is 0 Å². The van der Waals surface area contributed by atoms with E-state index in [-0.39, 0.29) is 12.0 Å². The van der Waals surface area contributed by atoms with Gasteiger partial charge in [-0.25, -0.2) is 4.98 Å². The average molecular weight is 436 g/mol. The van der Waals surface area contributed by atoms with E-state index in [2.05, 4.69) is 41.9 Å². The Balaban J connectivity index is 1.35. The number of hydrogen-bond donors (Lipinski definition) is 1. The van der Waals surface area contributed by atoms with Crippen LogP contribution in [0.25, 0.3) is 11.0 Å². The molecule has 1 N–H and O–H groups in total. The minimum Gasteiger partial charge on any atom is -0.493 e. The maximum Gasteiger partial charge on any atom is 0.249 e. The molecule has 170 valence electrons. The van der Waals surface area contributed by atoms with E-state index in [1.165, 1.54) is 5.56 Å². The maximum atomic E-state index is 12.4. The predicted molar refractivity (Wildman–Crippen MR) is 126 cm³/mol. The molecular formula is C26H33N3O3. The van der Waals surface area contributed by atoms with E-state index in [1.807, 2.05) is 30.3 Å². The molecule has 6 nitrogen and oxygen atoms in total. The molecule has 2 aromatic carbocycles. The number of para-hydroxylation sites is 3. The van der Waals surface area contributed by atoms with E-state index in [0.29, 0.717) is 25.7 Å². The third-order valence-electron chi connectivity index (χ3n) is 5.95. The third kappa shape index (κ3) is 5.30. The lowest BCUT2D eigenvalue weighted by Crippen LogP contribution is -2.34. The van der Waals surface area contributed by atoms with Gasteiger partial charge in [0.05, 0.1) is 24.2 Å². The number of amides is 1. The van der Waals surface area contributed by atoms with Crippen molar-refractivity contribution in [1.82, 2.24) is 14.9 Å². The molecule has 1 aliphatic rings. The molecule has 1 aliphatic heterocycles. The van der Waals surface area contributed by atoms with Crippen molar-refractivity contribution in [2.45, 2.75) is 64.6 Å². The summed E-state index contributed by atoms with van der Waals surface area (Å²) in [7, 11) is 0. The lowest BCUT2D eigenvalue weighted by molar-refractivity contribution is -0.130. The predicted octanol–water partition coefficient (Wildman–Crippen LogP) is 4.81. The van der Waals surface area contributed by atoms with Gasteiger partial charge in [0, 0.05) is 13.2 Å². The topological polar surface area (TPSA) is 65.4 Å². The second kappa shape index (κ2) is 10.6. The first-order valence-electron chi connectivity index (χ1n) is 11.7. The van der Waals surface area contributed by atoms with Crippen LogP contribution in [0.1, 0.15) is 56.8 Å². The fourth-order valence-corrected chi connectivity index (χ4v) is 4.22. The van der Waals surface area contributed by atoms with Gasteiger partial charge in [0.2, 0.25) is 5.91 Å². The van der Waals surface area contributed by atoms with Crippen molar-refractivity contribution in [3.63, 3.8) is 0 Å². The van der Waals surface area contributed by atoms with Crippen LogP contribution in [0, 0.1) is 0 Å². The first-order chi connectivity index (χ1) is 15.6. The van der Waals surface area contributed by atoms with Gasteiger partial charge >= 0.3 is 0 Å². The van der Waals surface area contributed by atoms with Crippen molar-refractivity contribution < 1.29 is 14.3 Å². The fourth-order valence-electron chi connectivity index (χ4n) is 4.22. The molecule has 0 radical (unpaired) electrons. The number of hydrogen-bond acceptors (Lipinski definition) is 4. The molecule has 0 saturated carbocycles. The minimum absolute atomic E-state index is 0.0432. The van der Waals surface area contributed by atoms with Gasteiger partial charge < -0.3 is 19.4 Å². The molecule has 1 unspecified atom stereocenters. The van der Waals surface area contributed by atoms with Crippen LogP contribution < -0.4 is 10.1 Å². The summed E-state index contributed by atoms with van der Waals surface area (Å²) < 4.78 is 13.8. The largest absolute Gasteiger partial charge is 0.493 e. The summed E-state index contributed by atoms with van der Waals surface area (Å²) >= 11 is 0. The van der Waals surface area contributed by atoms with Crippen LogP contribution in [0.15, 0.2) is 48.5 Å². The lowest BCUT2D eigenvalue weighted by atomic mass is 10.0. The van der Waals surface area contributed by atoms with E-state index < -0.39 is 0 Å². The lowest BCUT2D eigenvalue weighted by Gasteiger charge is -2.14. The normalized spacial score (nSPS) is 16.0. The van der Waals surface area contributed by atoms with Crippen LogP contribution in [-0.4, -0.2) is 34.8 Å². The number of unbranched alkanes of at least 4 members (excludes halogenated alkanes) is 1. The highest BCUT2D eigenvalue weighted by atomic mass is 16.5. The van der Waals surface area contributed by atoms with Gasteiger partial charge in [0.1, 0.15) is 17.7 Å². The number of aromatic nitrogens is 2. The summed E-state index contributed by atoms with van der Waals surface area (Å²) in [6.07, 6.45) is 3.33. The summed E-state index contributed by atoms with van der Waals surface area (Å²) in [5, 5.41) is 3.01. The number of imidazole rings is 1. The number of ether oxygens (including phenoxy) is 2. The van der Waals surface area contributed by atoms with Crippen molar-refractivity contribution in [3.8, 4) is 5.75 Å². The fraction of sp³-hybridized carbons (Fsp3) is 0.462. The Morgan fingerprint density at radius 3 is 2.81 bits per heavy atom. The van der Waals surface area contributed by atoms with Crippen molar-refractivity contribution >= 4 is 16.9 Å². The SMILES string of the molecule is CC(C)c1ccccc1OCCCCn1c(CNC(=O)C2CCCO2)nc2ccccc21. The first kappa shape index (κ1) is 22.3. The van der Waals surface area contributed by atoms with Crippen LogP contribution in [0.4, 0.5) is 0 Å². The quantitative estimate of drug-likeness (QED) is 0.464. The van der Waals surface area contributed by atoms with E-state index in [1.54, 1.807) is 0 Å². The number of benzene rings is 2. The summed E-state index contributed by atoms with van der Waals surface area (Å²) in [6.45, 7) is 6.96. The number of nitrogens with zero attached hydrogens (tertiary/aromatic N) is 2. The molecular weight excluding hydrogens is 402 g/mol. The number of rotatable bonds is 10. The second-order valence-electron chi connectivity index (χ2n) is 8.64. The number of nitrogens with one attached hydrogen (secondary N) is 1. The Morgan fingerprint density at radius 2 is 2.00 bits per heavy atom. The van der Waals surface area contributed by atoms with Crippen molar-refractivity contribution in [1.29, 1.82) is 0 Å². The van der Waals surface area contributed by atoms with Gasteiger partial charge in [-0.15, -0.1) is 0 Å². The van der Waals surface area contributed by atoms with Crippen LogP contribution in [-0.2, 0) is 22.6 Å². The Kier molecular flexibility index (Phi) is 7.43. The van der Waals surface area contributed by atoms with Crippen LogP contribution >= 0.6 is 0 Å². The van der Waals surface area contributed by atoms with Gasteiger partial charge in [-0.3, -0.25) is 4.79 Å². The number of fused-ring (bicyclic) bond motifs is 1. The Morgan fingerprint density at radius 1 is 1.19 bits per heavy atom. The molecule has 32 heavy (non-hydrogen) atoms. The van der Waals surface area contributed by atoms with Crippen LogP contribution in [0.3, 0.4) is 0 Å². The van der Waals surface area contributed by atoms with Gasteiger partial charge in [0.15, 0.2) is 0 Å². The van der Waals surface area contributed by atoms with Crippen LogP contribution in [0.2, 0.25) is 0 Å². The molecule has 1 amide bonds. The molecule has 1 aromatic heterocycles. The summed E-state index contributed by atoms with van der Waals surface area (Å²) in [5.41, 5.74) is 3.30. The smallest absolute Gasteiger partial charge is 0.249 e. The molecule has 4 rings (SSSR count). The van der Waals surface area contributed by atoms with Crippen molar-refractivity contribution in [2.24, 2.45) is 0 Å². The first-order valence-corrected chi connectivity index (χ1v) is 11.7. The van der Waals surface area contributed by atoms with Gasteiger partial charge in [-0.2, -0.15) is 0 Å². The third-order valence-corrected chi connectivity index (χ3v) is 5.95. The summed E-state index contributed by atoms with van der Waals surface area (Å²) in [4.78, 5) is 17.1. The molecule has 1 saturated heterocycles. The summed E-state index contributed by atoms with van der Waals surface area (Å²) in [5.74, 6) is 2.26. The zero-order valence-electron chi connectivity index (χ0n) is 19.0. The number of carbonyl (C=O) groups is 1. The highest BCUT2D eigenvalue weighted by molar-refractivity contribution is 5.81. The molecule has 2 heterocycles. The molecule has 0 spiro atoms. The van der Waals surface area contributed by atoms with E-state index in [0.717, 1.165) is 54.8 Å². The monoisotopic (exact) mass is 435 g/mol. The van der Waals surface area contributed by atoms with Gasteiger partial charge in [-0.05, 0) is 55.4 Å². The Hall–Kier alpha value is -2.86. The summed E-state index contributed by atoms with van der Waals surface area (Å²) in [6, 6.07) is 16.4. The highest BCUT2D eigenvalue weighted by Gasteiger charge is 2.23. The molecule has 0 aliphatic carbocycles. The average Bonchev–Trinajstić information content (AvgIpc) is 3.46. The van der Waals surface area contributed by atoms with Crippen molar-refractivity contribution in [2.75, 3.05) is 13.2 Å². The Labute approximate surface area is 189 Å². The minimum atomic E-state index is -0.321. The molecule has 3 aromatic rings. The second-order valence-corrected chi connectivity index (χ2v) is 8.64. The Bertz CT molecular complexity index is 1040. The van der Waals surface area contributed by atoms with E-state index in [9.17, 15) is 4.79 Å². The van der Waals surface area contributed by atoms with Gasteiger partial charge in [0.25, 0.3) is 0 Å².